The molecule has 1 aliphatic rings. The first kappa shape index (κ1) is 18.6. The van der Waals surface area contributed by atoms with Gasteiger partial charge in [-0.25, -0.2) is 0 Å². The number of benzene rings is 2. The Balaban J connectivity index is 0.00000208. The van der Waals surface area contributed by atoms with Crippen molar-refractivity contribution in [3.05, 3.63) is 64.2 Å². The van der Waals surface area contributed by atoms with E-state index in [1.165, 1.54) is 18.2 Å². The van der Waals surface area contributed by atoms with Crippen LogP contribution >= 0.6 is 24.0 Å². The Labute approximate surface area is 153 Å². The summed E-state index contributed by atoms with van der Waals surface area (Å²) < 4.78 is 5.23. The Bertz CT molecular complexity index is 722. The van der Waals surface area contributed by atoms with Crippen LogP contribution < -0.4 is 15.4 Å². The lowest BCUT2D eigenvalue weighted by Crippen LogP contribution is -2.38. The van der Waals surface area contributed by atoms with Gasteiger partial charge in [-0.15, -0.1) is 12.4 Å². The molecule has 3 rings (SSSR count). The van der Waals surface area contributed by atoms with E-state index in [0.717, 1.165) is 13.0 Å². The molecule has 4 nitrogen and oxygen atoms in total. The third-order valence-electron chi connectivity index (χ3n) is 4.09. The SMILES string of the molecule is COc1cc(Cl)ccc1C(=O)NCC1NCCc2ccccc21.Cl. The molecule has 1 aliphatic heterocycles. The Morgan fingerprint density at radius 1 is 1.33 bits per heavy atom. The van der Waals surface area contributed by atoms with Gasteiger partial charge in [0, 0.05) is 17.6 Å². The van der Waals surface area contributed by atoms with Crippen molar-refractivity contribution in [1.82, 2.24) is 10.6 Å². The van der Waals surface area contributed by atoms with Gasteiger partial charge in [0.25, 0.3) is 5.91 Å². The van der Waals surface area contributed by atoms with Crippen LogP contribution in [0.3, 0.4) is 0 Å². The summed E-state index contributed by atoms with van der Waals surface area (Å²) in [4.78, 5) is 12.4. The normalized spacial score (nSPS) is 15.8. The van der Waals surface area contributed by atoms with Gasteiger partial charge in [-0.05, 0) is 42.3 Å². The van der Waals surface area contributed by atoms with E-state index in [4.69, 9.17) is 16.3 Å². The third kappa shape index (κ3) is 4.01. The molecule has 0 aliphatic carbocycles. The number of amides is 1. The van der Waals surface area contributed by atoms with E-state index in [0.29, 0.717) is 22.9 Å². The average Bonchev–Trinajstić information content (AvgIpc) is 2.59. The summed E-state index contributed by atoms with van der Waals surface area (Å²) in [6, 6.07) is 13.5. The van der Waals surface area contributed by atoms with Crippen LogP contribution in [0.4, 0.5) is 0 Å². The van der Waals surface area contributed by atoms with Crippen molar-refractivity contribution in [2.75, 3.05) is 20.2 Å². The smallest absolute Gasteiger partial charge is 0.255 e. The molecule has 0 radical (unpaired) electrons. The first-order valence-electron chi connectivity index (χ1n) is 7.62. The molecule has 1 heterocycles. The zero-order valence-corrected chi connectivity index (χ0v) is 14.9. The van der Waals surface area contributed by atoms with Crippen molar-refractivity contribution in [3.63, 3.8) is 0 Å². The van der Waals surface area contributed by atoms with Gasteiger partial charge in [0.15, 0.2) is 0 Å². The quantitative estimate of drug-likeness (QED) is 0.871. The number of fused-ring (bicyclic) bond motifs is 1. The standard InChI is InChI=1S/C18H19ClN2O2.ClH/c1-23-17-10-13(19)6-7-15(17)18(22)21-11-16-14-5-3-2-4-12(14)8-9-20-16;/h2-7,10,16,20H,8-9,11H2,1H3,(H,21,22);1H. The second-order valence-electron chi connectivity index (χ2n) is 5.51. The topological polar surface area (TPSA) is 50.4 Å². The molecule has 0 bridgehead atoms. The van der Waals surface area contributed by atoms with Crippen molar-refractivity contribution < 1.29 is 9.53 Å². The van der Waals surface area contributed by atoms with Crippen LogP contribution in [-0.2, 0) is 6.42 Å². The molecule has 0 saturated heterocycles. The summed E-state index contributed by atoms with van der Waals surface area (Å²) in [5, 5.41) is 6.97. The minimum atomic E-state index is -0.164. The number of carbonyl (C=O) groups is 1. The van der Waals surface area contributed by atoms with Crippen molar-refractivity contribution in [2.45, 2.75) is 12.5 Å². The highest BCUT2D eigenvalue weighted by Crippen LogP contribution is 2.24. The number of ether oxygens (including phenoxy) is 1. The number of hydrogen-bond donors (Lipinski definition) is 2. The monoisotopic (exact) mass is 366 g/mol. The average molecular weight is 367 g/mol. The Hall–Kier alpha value is -1.75. The van der Waals surface area contributed by atoms with Crippen LogP contribution in [0.5, 0.6) is 5.75 Å². The minimum Gasteiger partial charge on any atom is -0.496 e. The van der Waals surface area contributed by atoms with E-state index in [2.05, 4.69) is 28.8 Å². The molecule has 24 heavy (non-hydrogen) atoms. The molecule has 2 N–H and O–H groups in total. The van der Waals surface area contributed by atoms with Crippen LogP contribution in [0.15, 0.2) is 42.5 Å². The number of carbonyl (C=O) groups excluding carboxylic acids is 1. The molecule has 6 heteroatoms. The summed E-state index contributed by atoms with van der Waals surface area (Å²) in [7, 11) is 1.53. The first-order valence-corrected chi connectivity index (χ1v) is 8.00. The van der Waals surface area contributed by atoms with Crippen LogP contribution in [0.1, 0.15) is 27.5 Å². The molecule has 2 aromatic rings. The predicted molar refractivity (Wildman–Crippen MR) is 98.5 cm³/mol. The summed E-state index contributed by atoms with van der Waals surface area (Å²) in [6.45, 7) is 1.45. The fourth-order valence-electron chi connectivity index (χ4n) is 2.92. The number of halogens is 2. The summed E-state index contributed by atoms with van der Waals surface area (Å²) >= 11 is 5.93. The largest absolute Gasteiger partial charge is 0.496 e. The van der Waals surface area contributed by atoms with Crippen LogP contribution in [0.2, 0.25) is 5.02 Å². The van der Waals surface area contributed by atoms with Gasteiger partial charge in [0.1, 0.15) is 5.75 Å². The summed E-state index contributed by atoms with van der Waals surface area (Å²) in [5.41, 5.74) is 3.08. The summed E-state index contributed by atoms with van der Waals surface area (Å²) in [6.07, 6.45) is 1.02. The second kappa shape index (κ2) is 8.38. The van der Waals surface area contributed by atoms with Gasteiger partial charge in [0.2, 0.25) is 0 Å². The lowest BCUT2D eigenvalue weighted by molar-refractivity contribution is 0.0946. The number of methoxy groups -OCH3 is 1. The number of rotatable bonds is 4. The maximum atomic E-state index is 12.4. The Morgan fingerprint density at radius 3 is 2.92 bits per heavy atom. The second-order valence-corrected chi connectivity index (χ2v) is 5.95. The van der Waals surface area contributed by atoms with Crippen molar-refractivity contribution in [2.24, 2.45) is 0 Å². The maximum absolute atomic E-state index is 12.4. The molecule has 2 aromatic carbocycles. The Morgan fingerprint density at radius 2 is 2.12 bits per heavy atom. The lowest BCUT2D eigenvalue weighted by Gasteiger charge is -2.27. The fourth-order valence-corrected chi connectivity index (χ4v) is 3.08. The van der Waals surface area contributed by atoms with Crippen molar-refractivity contribution in [3.8, 4) is 5.75 Å². The summed E-state index contributed by atoms with van der Waals surface area (Å²) in [5.74, 6) is 0.315. The maximum Gasteiger partial charge on any atom is 0.255 e. The van der Waals surface area contributed by atoms with E-state index in [-0.39, 0.29) is 24.4 Å². The van der Waals surface area contributed by atoms with Gasteiger partial charge in [-0.3, -0.25) is 4.79 Å². The van der Waals surface area contributed by atoms with Gasteiger partial charge in [-0.2, -0.15) is 0 Å². The molecule has 1 unspecified atom stereocenters. The van der Waals surface area contributed by atoms with Gasteiger partial charge in [0.05, 0.1) is 12.7 Å². The van der Waals surface area contributed by atoms with Gasteiger partial charge in [-0.1, -0.05) is 35.9 Å². The molecule has 128 valence electrons. The molecule has 0 aromatic heterocycles. The highest BCUT2D eigenvalue weighted by atomic mass is 35.5. The van der Waals surface area contributed by atoms with Crippen molar-refractivity contribution >= 4 is 29.9 Å². The highest BCUT2D eigenvalue weighted by molar-refractivity contribution is 6.30. The third-order valence-corrected chi connectivity index (χ3v) is 4.33. The zero-order valence-electron chi connectivity index (χ0n) is 13.3. The van der Waals surface area contributed by atoms with Crippen LogP contribution in [-0.4, -0.2) is 26.1 Å². The van der Waals surface area contributed by atoms with Crippen molar-refractivity contribution in [1.29, 1.82) is 0 Å². The number of hydrogen-bond acceptors (Lipinski definition) is 3. The van der Waals surface area contributed by atoms with Crippen LogP contribution in [0.25, 0.3) is 0 Å². The van der Waals surface area contributed by atoms with E-state index in [9.17, 15) is 4.79 Å². The minimum absolute atomic E-state index is 0. The molecule has 1 amide bonds. The predicted octanol–water partition coefficient (Wildman–Crippen LogP) is 3.39. The van der Waals surface area contributed by atoms with E-state index < -0.39 is 0 Å². The lowest BCUT2D eigenvalue weighted by atomic mass is 9.94. The molecule has 0 fully saturated rings. The van der Waals surface area contributed by atoms with E-state index in [1.807, 2.05) is 6.07 Å². The molecular weight excluding hydrogens is 347 g/mol. The fraction of sp³-hybridized carbons (Fsp3) is 0.278. The molecular formula is C18H20Cl2N2O2. The van der Waals surface area contributed by atoms with E-state index in [1.54, 1.807) is 18.2 Å². The first-order chi connectivity index (χ1) is 11.2. The molecule has 0 spiro atoms. The zero-order chi connectivity index (χ0) is 16.2. The number of nitrogens with one attached hydrogen (secondary N) is 2. The molecule has 1 atom stereocenters. The van der Waals surface area contributed by atoms with Gasteiger partial charge < -0.3 is 15.4 Å². The highest BCUT2D eigenvalue weighted by Gasteiger charge is 2.20. The Kier molecular flexibility index (Phi) is 6.49. The molecule has 0 saturated carbocycles. The van der Waals surface area contributed by atoms with E-state index >= 15 is 0 Å². The van der Waals surface area contributed by atoms with Crippen LogP contribution in [0, 0.1) is 0 Å². The van der Waals surface area contributed by atoms with Gasteiger partial charge >= 0.3 is 0 Å².